The van der Waals surface area contributed by atoms with Crippen LogP contribution in [0, 0.1) is 5.82 Å². The Morgan fingerprint density at radius 1 is 1.06 bits per heavy atom. The van der Waals surface area contributed by atoms with E-state index in [1.54, 1.807) is 17.2 Å². The third-order valence-electron chi connectivity index (χ3n) is 6.59. The minimum atomic E-state index is -0.605. The average molecular weight is 475 g/mol. The fourth-order valence-electron chi connectivity index (χ4n) is 4.29. The summed E-state index contributed by atoms with van der Waals surface area (Å²) in [5, 5.41) is 0.480. The zero-order chi connectivity index (χ0) is 25.4. The molecule has 6 nitrogen and oxygen atoms in total. The molecule has 0 saturated carbocycles. The number of fused-ring (bicyclic) bond motifs is 1. The topological polar surface area (TPSA) is 60.8 Å². The first-order valence-electron chi connectivity index (χ1n) is 12.3. The molecule has 34 heavy (non-hydrogen) atoms. The third kappa shape index (κ3) is 5.56. The zero-order valence-electron chi connectivity index (χ0n) is 21.8. The summed E-state index contributed by atoms with van der Waals surface area (Å²) in [6, 6.07) is 3.60. The standard InChI is InChI=1S/C27H39FN2O4/c1-9-27(7,8)34-25(32)30-16-20(17(2)3)22-21(30)11-10-19(23(22)28)18-12-14-29(15-13-18)24(31)33-26(4,5)6/h10-11,16-18H,9,12-15H2,1-8H3. The lowest BCUT2D eigenvalue weighted by Crippen LogP contribution is -2.41. The number of halogens is 1. The molecular weight excluding hydrogens is 435 g/mol. The van der Waals surface area contributed by atoms with Gasteiger partial charge < -0.3 is 14.4 Å². The van der Waals surface area contributed by atoms with Gasteiger partial charge in [-0.2, -0.15) is 0 Å². The third-order valence-corrected chi connectivity index (χ3v) is 6.59. The Morgan fingerprint density at radius 3 is 2.21 bits per heavy atom. The number of hydrogen-bond donors (Lipinski definition) is 0. The normalized spacial score (nSPS) is 15.8. The molecule has 0 radical (unpaired) electrons. The van der Waals surface area contributed by atoms with Crippen molar-refractivity contribution < 1.29 is 23.5 Å². The molecule has 0 unspecified atom stereocenters. The van der Waals surface area contributed by atoms with Crippen molar-refractivity contribution in [3.63, 3.8) is 0 Å². The van der Waals surface area contributed by atoms with Crippen LogP contribution in [-0.2, 0) is 9.47 Å². The molecule has 0 atom stereocenters. The van der Waals surface area contributed by atoms with E-state index < -0.39 is 17.3 Å². The van der Waals surface area contributed by atoms with E-state index in [0.717, 1.165) is 5.56 Å². The molecule has 1 fully saturated rings. The smallest absolute Gasteiger partial charge is 0.419 e. The number of aromatic nitrogens is 1. The highest BCUT2D eigenvalue weighted by atomic mass is 19.1. The van der Waals surface area contributed by atoms with E-state index in [2.05, 4.69) is 0 Å². The van der Waals surface area contributed by atoms with E-state index >= 15 is 4.39 Å². The van der Waals surface area contributed by atoms with E-state index in [9.17, 15) is 9.59 Å². The second-order valence-corrected chi connectivity index (χ2v) is 11.2. The number of benzene rings is 1. The van der Waals surface area contributed by atoms with Crippen molar-refractivity contribution in [3.05, 3.63) is 35.3 Å². The maximum Gasteiger partial charge on any atom is 0.419 e. The van der Waals surface area contributed by atoms with Crippen molar-refractivity contribution in [1.29, 1.82) is 0 Å². The fourth-order valence-corrected chi connectivity index (χ4v) is 4.29. The second kappa shape index (κ2) is 9.59. The van der Waals surface area contributed by atoms with Gasteiger partial charge in [-0.3, -0.25) is 4.57 Å². The van der Waals surface area contributed by atoms with Crippen LogP contribution in [0.2, 0.25) is 0 Å². The molecule has 0 bridgehead atoms. The molecule has 1 aromatic carbocycles. The molecule has 0 aliphatic carbocycles. The van der Waals surface area contributed by atoms with Crippen molar-refractivity contribution in [1.82, 2.24) is 9.47 Å². The Labute approximate surface area is 202 Å². The van der Waals surface area contributed by atoms with Crippen LogP contribution in [0.1, 0.15) is 97.6 Å². The van der Waals surface area contributed by atoms with E-state index in [1.165, 1.54) is 4.57 Å². The number of likely N-dealkylation sites (tertiary alicyclic amines) is 1. The molecule has 1 aromatic heterocycles. The lowest BCUT2D eigenvalue weighted by Gasteiger charge is -2.33. The summed E-state index contributed by atoms with van der Waals surface area (Å²) in [5.41, 5.74) is 0.795. The summed E-state index contributed by atoms with van der Waals surface area (Å²) in [5.74, 6) is -0.245. The largest absolute Gasteiger partial charge is 0.444 e. The van der Waals surface area contributed by atoms with Crippen molar-refractivity contribution >= 4 is 23.1 Å². The molecule has 3 rings (SSSR count). The van der Waals surface area contributed by atoms with Gasteiger partial charge in [-0.05, 0) is 82.9 Å². The molecular formula is C27H39FN2O4. The van der Waals surface area contributed by atoms with Gasteiger partial charge >= 0.3 is 12.2 Å². The Balaban J connectivity index is 1.89. The van der Waals surface area contributed by atoms with Gasteiger partial charge in [0.25, 0.3) is 0 Å². The minimum Gasteiger partial charge on any atom is -0.444 e. The average Bonchev–Trinajstić information content (AvgIpc) is 3.14. The summed E-state index contributed by atoms with van der Waals surface area (Å²) in [6.07, 6.45) is 2.88. The van der Waals surface area contributed by atoms with Crippen LogP contribution in [0.5, 0.6) is 0 Å². The zero-order valence-corrected chi connectivity index (χ0v) is 21.8. The highest BCUT2D eigenvalue weighted by Gasteiger charge is 2.31. The lowest BCUT2D eigenvalue weighted by atomic mass is 9.87. The number of ether oxygens (including phenoxy) is 2. The molecule has 2 aromatic rings. The van der Waals surface area contributed by atoms with Crippen LogP contribution in [0.25, 0.3) is 10.9 Å². The molecule has 1 saturated heterocycles. The number of carbonyl (C=O) groups is 2. The highest BCUT2D eigenvalue weighted by Crippen LogP contribution is 2.37. The van der Waals surface area contributed by atoms with Crippen LogP contribution in [0.15, 0.2) is 18.3 Å². The second-order valence-electron chi connectivity index (χ2n) is 11.2. The van der Waals surface area contributed by atoms with Crippen LogP contribution >= 0.6 is 0 Å². The van der Waals surface area contributed by atoms with E-state index in [0.29, 0.717) is 48.8 Å². The maximum absolute atomic E-state index is 16.0. The quantitative estimate of drug-likeness (QED) is 0.470. The summed E-state index contributed by atoms with van der Waals surface area (Å²) in [7, 11) is 0. The molecule has 7 heteroatoms. The fraction of sp³-hybridized carbons (Fsp3) is 0.630. The van der Waals surface area contributed by atoms with Crippen molar-refractivity contribution in [2.24, 2.45) is 0 Å². The van der Waals surface area contributed by atoms with Gasteiger partial charge in [0.1, 0.15) is 17.0 Å². The predicted octanol–water partition coefficient (Wildman–Crippen LogP) is 7.19. The number of rotatable bonds is 4. The molecule has 2 heterocycles. The number of amides is 1. The number of nitrogens with zero attached hydrogens (tertiary/aromatic N) is 2. The molecule has 1 aliphatic heterocycles. The minimum absolute atomic E-state index is 0.00238. The van der Waals surface area contributed by atoms with Crippen molar-refractivity contribution in [2.75, 3.05) is 13.1 Å². The molecule has 0 spiro atoms. The summed E-state index contributed by atoms with van der Waals surface area (Å²) >= 11 is 0. The van der Waals surface area contributed by atoms with Crippen LogP contribution in [0.3, 0.4) is 0 Å². The predicted molar refractivity (Wildman–Crippen MR) is 132 cm³/mol. The Kier molecular flexibility index (Phi) is 7.34. The summed E-state index contributed by atoms with van der Waals surface area (Å²) in [6.45, 7) is 16.3. The van der Waals surface area contributed by atoms with Gasteiger partial charge in [0.05, 0.1) is 5.52 Å². The molecule has 1 amide bonds. The Morgan fingerprint density at radius 2 is 1.68 bits per heavy atom. The summed E-state index contributed by atoms with van der Waals surface area (Å²) in [4.78, 5) is 27.0. The van der Waals surface area contributed by atoms with Gasteiger partial charge in [-0.15, -0.1) is 0 Å². The van der Waals surface area contributed by atoms with Crippen LogP contribution in [0.4, 0.5) is 14.0 Å². The van der Waals surface area contributed by atoms with E-state index in [4.69, 9.17) is 9.47 Å². The van der Waals surface area contributed by atoms with Crippen molar-refractivity contribution in [2.45, 2.75) is 97.7 Å². The first-order chi connectivity index (χ1) is 15.7. The highest BCUT2D eigenvalue weighted by molar-refractivity contribution is 5.93. The summed E-state index contributed by atoms with van der Waals surface area (Å²) < 4.78 is 28.6. The first-order valence-corrected chi connectivity index (χ1v) is 12.3. The van der Waals surface area contributed by atoms with Gasteiger partial charge in [-0.25, -0.2) is 14.0 Å². The van der Waals surface area contributed by atoms with Crippen LogP contribution in [-0.4, -0.2) is 45.9 Å². The van der Waals surface area contributed by atoms with Crippen LogP contribution < -0.4 is 0 Å². The number of piperidine rings is 1. The van der Waals surface area contributed by atoms with Crippen molar-refractivity contribution in [3.8, 4) is 0 Å². The number of carbonyl (C=O) groups excluding carboxylic acids is 2. The monoisotopic (exact) mass is 474 g/mol. The Hall–Kier alpha value is -2.57. The van der Waals surface area contributed by atoms with E-state index in [1.807, 2.05) is 61.5 Å². The molecule has 1 aliphatic rings. The lowest BCUT2D eigenvalue weighted by molar-refractivity contribution is 0.0204. The van der Waals surface area contributed by atoms with E-state index in [-0.39, 0.29) is 23.7 Å². The van der Waals surface area contributed by atoms with Gasteiger partial charge in [-0.1, -0.05) is 26.8 Å². The van der Waals surface area contributed by atoms with Gasteiger partial charge in [0, 0.05) is 24.7 Å². The maximum atomic E-state index is 16.0. The van der Waals surface area contributed by atoms with Gasteiger partial charge in [0.15, 0.2) is 0 Å². The first kappa shape index (κ1) is 26.0. The SMILES string of the molecule is CCC(C)(C)OC(=O)n1cc(C(C)C)c2c(F)c(C3CCN(C(=O)OC(C)(C)C)CC3)ccc21. The Bertz CT molecular complexity index is 1060. The van der Waals surface area contributed by atoms with Gasteiger partial charge in [0.2, 0.25) is 0 Å². The molecule has 0 N–H and O–H groups in total. The number of hydrogen-bond acceptors (Lipinski definition) is 4. The molecule has 188 valence electrons.